The zero-order chi connectivity index (χ0) is 14.0. The smallest absolute Gasteiger partial charge is 0.0950 e. The first-order valence-corrected chi connectivity index (χ1v) is 7.62. The van der Waals surface area contributed by atoms with Gasteiger partial charge in [0.15, 0.2) is 0 Å². The molecule has 1 aliphatic heterocycles. The molecule has 1 heterocycles. The minimum Gasteiger partial charge on any atom is -0.370 e. The molecule has 20 heavy (non-hydrogen) atoms. The van der Waals surface area contributed by atoms with E-state index in [0.717, 1.165) is 26.0 Å². The fraction of sp³-hybridized carbons (Fsp3) is 0.444. The van der Waals surface area contributed by atoms with Crippen LogP contribution >= 0.6 is 0 Å². The topological polar surface area (TPSA) is 21.3 Å². The highest BCUT2D eigenvalue weighted by molar-refractivity contribution is 5.83. The van der Waals surface area contributed by atoms with E-state index in [0.29, 0.717) is 0 Å². The van der Waals surface area contributed by atoms with Gasteiger partial charge >= 0.3 is 0 Å². The van der Waals surface area contributed by atoms with Gasteiger partial charge in [-0.25, -0.2) is 0 Å². The first-order valence-electron chi connectivity index (χ1n) is 7.62. The van der Waals surface area contributed by atoms with Crippen LogP contribution in [0.25, 0.3) is 10.8 Å². The quantitative estimate of drug-likeness (QED) is 0.907. The van der Waals surface area contributed by atoms with E-state index in [1.807, 2.05) is 0 Å². The second kappa shape index (κ2) is 5.55. The fourth-order valence-electron chi connectivity index (χ4n) is 3.01. The zero-order valence-corrected chi connectivity index (χ0v) is 12.4. The fourth-order valence-corrected chi connectivity index (χ4v) is 3.01. The molecule has 0 aliphatic carbocycles. The van der Waals surface area contributed by atoms with Crippen LogP contribution in [0.15, 0.2) is 42.5 Å². The summed E-state index contributed by atoms with van der Waals surface area (Å²) in [5.74, 6) is 0. The summed E-state index contributed by atoms with van der Waals surface area (Å²) < 4.78 is 6.15. The van der Waals surface area contributed by atoms with E-state index >= 15 is 0 Å². The van der Waals surface area contributed by atoms with Crippen LogP contribution in [-0.4, -0.2) is 18.7 Å². The van der Waals surface area contributed by atoms with Crippen molar-refractivity contribution in [3.63, 3.8) is 0 Å². The number of morpholine rings is 1. The number of benzene rings is 2. The molecule has 2 nitrogen and oxygen atoms in total. The second-order valence-corrected chi connectivity index (χ2v) is 5.77. The molecule has 1 atom stereocenters. The van der Waals surface area contributed by atoms with E-state index in [1.54, 1.807) is 0 Å². The molecule has 2 aromatic carbocycles. The van der Waals surface area contributed by atoms with Crippen molar-refractivity contribution >= 4 is 10.8 Å². The van der Waals surface area contributed by atoms with Gasteiger partial charge < -0.3 is 10.1 Å². The monoisotopic (exact) mass is 269 g/mol. The van der Waals surface area contributed by atoms with Gasteiger partial charge in [-0.05, 0) is 35.2 Å². The van der Waals surface area contributed by atoms with Gasteiger partial charge in [0.2, 0.25) is 0 Å². The maximum absolute atomic E-state index is 6.15. The summed E-state index contributed by atoms with van der Waals surface area (Å²) in [6.07, 6.45) is 2.41. The normalized spacial score (nSPS) is 22.0. The molecule has 1 unspecified atom stereocenters. The summed E-state index contributed by atoms with van der Waals surface area (Å²) in [4.78, 5) is 0. The van der Waals surface area contributed by atoms with Crippen molar-refractivity contribution in [2.45, 2.75) is 38.3 Å². The predicted octanol–water partition coefficient (Wildman–Crippen LogP) is 4.06. The maximum atomic E-state index is 6.15. The highest BCUT2D eigenvalue weighted by Crippen LogP contribution is 2.29. The molecule has 0 saturated carbocycles. The van der Waals surface area contributed by atoms with Crippen LogP contribution in [-0.2, 0) is 4.74 Å². The first-order chi connectivity index (χ1) is 9.76. The molecular formula is C18H23NO. The minimum atomic E-state index is 0.172. The molecule has 1 fully saturated rings. The molecule has 0 bridgehead atoms. The largest absolute Gasteiger partial charge is 0.370 e. The van der Waals surface area contributed by atoms with Gasteiger partial charge in [0.1, 0.15) is 0 Å². The Hall–Kier alpha value is -1.38. The second-order valence-electron chi connectivity index (χ2n) is 5.77. The van der Waals surface area contributed by atoms with Gasteiger partial charge in [-0.3, -0.25) is 0 Å². The Morgan fingerprint density at radius 2 is 1.85 bits per heavy atom. The van der Waals surface area contributed by atoms with Crippen LogP contribution in [0.5, 0.6) is 0 Å². The van der Waals surface area contributed by atoms with E-state index < -0.39 is 0 Å². The van der Waals surface area contributed by atoms with Gasteiger partial charge in [-0.2, -0.15) is 0 Å². The molecule has 1 aliphatic rings. The molecule has 106 valence electrons. The van der Waals surface area contributed by atoms with Crippen molar-refractivity contribution in [2.75, 3.05) is 13.2 Å². The third-order valence-electron chi connectivity index (χ3n) is 4.72. The van der Waals surface area contributed by atoms with E-state index in [4.69, 9.17) is 4.74 Å². The number of hydrogen-bond acceptors (Lipinski definition) is 2. The summed E-state index contributed by atoms with van der Waals surface area (Å²) in [7, 11) is 0. The minimum absolute atomic E-state index is 0.172. The van der Waals surface area contributed by atoms with Gasteiger partial charge in [0.05, 0.1) is 12.7 Å². The van der Waals surface area contributed by atoms with Crippen molar-refractivity contribution in [3.8, 4) is 0 Å². The summed E-state index contributed by atoms with van der Waals surface area (Å²) in [5, 5.41) is 6.28. The SMILES string of the molecule is CCC1(CC)COC(c2ccc3ccccc3c2)CN1. The van der Waals surface area contributed by atoms with E-state index in [-0.39, 0.29) is 11.6 Å². The molecule has 1 saturated heterocycles. The average molecular weight is 269 g/mol. The van der Waals surface area contributed by atoms with Crippen molar-refractivity contribution < 1.29 is 4.74 Å². The lowest BCUT2D eigenvalue weighted by Crippen LogP contribution is -2.54. The van der Waals surface area contributed by atoms with Crippen LogP contribution in [0.2, 0.25) is 0 Å². The summed E-state index contributed by atoms with van der Waals surface area (Å²) >= 11 is 0. The van der Waals surface area contributed by atoms with Crippen molar-refractivity contribution in [3.05, 3.63) is 48.0 Å². The molecule has 2 heteroatoms. The Balaban J connectivity index is 1.79. The number of fused-ring (bicyclic) bond motifs is 1. The molecule has 3 rings (SSSR count). The Morgan fingerprint density at radius 1 is 1.10 bits per heavy atom. The Bertz CT molecular complexity index is 579. The van der Waals surface area contributed by atoms with E-state index in [9.17, 15) is 0 Å². The molecule has 0 amide bonds. The van der Waals surface area contributed by atoms with Crippen LogP contribution in [0.1, 0.15) is 38.4 Å². The van der Waals surface area contributed by atoms with E-state index in [2.05, 4.69) is 61.6 Å². The summed E-state index contributed by atoms with van der Waals surface area (Å²) in [6.45, 7) is 6.17. The Kier molecular flexibility index (Phi) is 3.77. The summed E-state index contributed by atoms with van der Waals surface area (Å²) in [6, 6.07) is 15.1. The van der Waals surface area contributed by atoms with Crippen LogP contribution in [0.3, 0.4) is 0 Å². The highest BCUT2D eigenvalue weighted by Gasteiger charge is 2.32. The molecule has 1 N–H and O–H groups in total. The van der Waals surface area contributed by atoms with Crippen LogP contribution < -0.4 is 5.32 Å². The molecule has 0 spiro atoms. The number of nitrogens with one attached hydrogen (secondary N) is 1. The third kappa shape index (κ3) is 2.46. The van der Waals surface area contributed by atoms with Gasteiger partial charge in [-0.1, -0.05) is 50.2 Å². The summed E-state index contributed by atoms with van der Waals surface area (Å²) in [5.41, 5.74) is 1.45. The standard InChI is InChI=1S/C18H23NO/c1-3-18(4-2)13-20-17(12-19-18)16-10-9-14-7-5-6-8-15(14)11-16/h5-11,17,19H,3-4,12-13H2,1-2H3. The number of hydrogen-bond donors (Lipinski definition) is 1. The van der Waals surface area contributed by atoms with Crippen molar-refractivity contribution in [1.29, 1.82) is 0 Å². The maximum Gasteiger partial charge on any atom is 0.0950 e. The Morgan fingerprint density at radius 3 is 2.50 bits per heavy atom. The van der Waals surface area contributed by atoms with Crippen LogP contribution in [0.4, 0.5) is 0 Å². The third-order valence-corrected chi connectivity index (χ3v) is 4.72. The number of rotatable bonds is 3. The van der Waals surface area contributed by atoms with Gasteiger partial charge in [0, 0.05) is 12.1 Å². The van der Waals surface area contributed by atoms with Gasteiger partial charge in [0.25, 0.3) is 0 Å². The molecule has 0 radical (unpaired) electrons. The van der Waals surface area contributed by atoms with Crippen LogP contribution in [0, 0.1) is 0 Å². The van der Waals surface area contributed by atoms with E-state index in [1.165, 1.54) is 16.3 Å². The molecular weight excluding hydrogens is 246 g/mol. The number of ether oxygens (including phenoxy) is 1. The van der Waals surface area contributed by atoms with Crippen molar-refractivity contribution in [1.82, 2.24) is 5.32 Å². The molecule has 0 aromatic heterocycles. The van der Waals surface area contributed by atoms with Gasteiger partial charge in [-0.15, -0.1) is 0 Å². The lowest BCUT2D eigenvalue weighted by atomic mass is 9.91. The first kappa shape index (κ1) is 13.6. The lowest BCUT2D eigenvalue weighted by Gasteiger charge is -2.40. The lowest BCUT2D eigenvalue weighted by molar-refractivity contribution is -0.0374. The highest BCUT2D eigenvalue weighted by atomic mass is 16.5. The molecule has 2 aromatic rings. The predicted molar refractivity (Wildman–Crippen MR) is 84.0 cm³/mol. The zero-order valence-electron chi connectivity index (χ0n) is 12.4. The Labute approximate surface area is 121 Å². The van der Waals surface area contributed by atoms with Crippen molar-refractivity contribution in [2.24, 2.45) is 0 Å². The average Bonchev–Trinajstić information content (AvgIpc) is 2.54.